The lowest BCUT2D eigenvalue weighted by atomic mass is 10.0. The molecular formula is C12H17ClN2O3S2. The first-order valence-electron chi connectivity index (χ1n) is 6.41. The quantitative estimate of drug-likeness (QED) is 0.913. The highest BCUT2D eigenvalue weighted by molar-refractivity contribution is 7.91. The second kappa shape index (κ2) is 6.43. The lowest BCUT2D eigenvalue weighted by Crippen LogP contribution is -2.44. The Morgan fingerprint density at radius 1 is 1.55 bits per heavy atom. The zero-order valence-electron chi connectivity index (χ0n) is 11.1. The number of nitrogens with one attached hydrogen (secondary N) is 1. The zero-order valence-corrected chi connectivity index (χ0v) is 13.5. The van der Waals surface area contributed by atoms with E-state index in [1.807, 2.05) is 0 Å². The third kappa shape index (κ3) is 3.94. The van der Waals surface area contributed by atoms with Gasteiger partial charge in [0, 0.05) is 13.1 Å². The average Bonchev–Trinajstić information content (AvgIpc) is 2.83. The molecule has 0 aliphatic carbocycles. The molecule has 1 atom stereocenters. The molecular weight excluding hydrogens is 320 g/mol. The standard InChI is InChI=1S/C12H17ClN2O3S2/c1-9-3-2-6-15(8-9)11(16)7-14-20(17,18)12-5-4-10(13)19-12/h4-5,9,14H,2-3,6-8H2,1H3. The highest BCUT2D eigenvalue weighted by Crippen LogP contribution is 2.25. The fourth-order valence-corrected chi connectivity index (χ4v) is 4.70. The van der Waals surface area contributed by atoms with E-state index in [1.165, 1.54) is 12.1 Å². The summed E-state index contributed by atoms with van der Waals surface area (Å²) >= 11 is 6.69. The largest absolute Gasteiger partial charge is 0.341 e. The average molecular weight is 337 g/mol. The smallest absolute Gasteiger partial charge is 0.250 e. The van der Waals surface area contributed by atoms with Crippen LogP contribution < -0.4 is 4.72 Å². The van der Waals surface area contributed by atoms with Crippen molar-refractivity contribution in [2.24, 2.45) is 5.92 Å². The molecule has 1 N–H and O–H groups in total. The minimum Gasteiger partial charge on any atom is -0.341 e. The number of likely N-dealkylation sites (tertiary alicyclic amines) is 1. The molecule has 1 unspecified atom stereocenters. The molecule has 5 nitrogen and oxygen atoms in total. The number of hydrogen-bond acceptors (Lipinski definition) is 4. The van der Waals surface area contributed by atoms with Gasteiger partial charge in [-0.2, -0.15) is 0 Å². The molecule has 1 amide bonds. The number of nitrogens with zero attached hydrogens (tertiary/aromatic N) is 1. The summed E-state index contributed by atoms with van der Waals surface area (Å²) in [4.78, 5) is 13.7. The van der Waals surface area contributed by atoms with Crippen LogP contribution >= 0.6 is 22.9 Å². The fraction of sp³-hybridized carbons (Fsp3) is 0.583. The maximum Gasteiger partial charge on any atom is 0.250 e. The highest BCUT2D eigenvalue weighted by Gasteiger charge is 2.23. The second-order valence-corrected chi connectivity index (χ2v) is 8.68. The number of thiophene rings is 1. The molecule has 2 rings (SSSR count). The minimum absolute atomic E-state index is 0.127. The first-order valence-corrected chi connectivity index (χ1v) is 9.09. The van der Waals surface area contributed by atoms with Crippen molar-refractivity contribution in [1.82, 2.24) is 9.62 Å². The van der Waals surface area contributed by atoms with E-state index in [2.05, 4.69) is 11.6 Å². The van der Waals surface area contributed by atoms with E-state index in [0.29, 0.717) is 23.3 Å². The van der Waals surface area contributed by atoms with Gasteiger partial charge in [0.1, 0.15) is 4.21 Å². The summed E-state index contributed by atoms with van der Waals surface area (Å²) in [5, 5.41) is 0. The summed E-state index contributed by atoms with van der Waals surface area (Å²) in [6.07, 6.45) is 2.09. The van der Waals surface area contributed by atoms with Gasteiger partial charge in [-0.3, -0.25) is 4.79 Å². The normalized spacial score (nSPS) is 20.1. The molecule has 0 aromatic carbocycles. The molecule has 1 aromatic rings. The van der Waals surface area contributed by atoms with Gasteiger partial charge in [-0.05, 0) is 30.9 Å². The summed E-state index contributed by atoms with van der Waals surface area (Å²) in [6, 6.07) is 2.96. The van der Waals surface area contributed by atoms with Gasteiger partial charge in [0.05, 0.1) is 10.9 Å². The van der Waals surface area contributed by atoms with E-state index in [0.717, 1.165) is 24.2 Å². The number of sulfonamides is 1. The Hall–Kier alpha value is -0.630. The number of amides is 1. The Morgan fingerprint density at radius 3 is 2.90 bits per heavy atom. The maximum absolute atomic E-state index is 12.0. The van der Waals surface area contributed by atoms with E-state index in [1.54, 1.807) is 4.90 Å². The van der Waals surface area contributed by atoms with Crippen molar-refractivity contribution in [3.63, 3.8) is 0 Å². The van der Waals surface area contributed by atoms with Gasteiger partial charge in [0.15, 0.2) is 0 Å². The first kappa shape index (κ1) is 15.8. The van der Waals surface area contributed by atoms with E-state index in [-0.39, 0.29) is 16.7 Å². The summed E-state index contributed by atoms with van der Waals surface area (Å²) in [7, 11) is -3.65. The maximum atomic E-state index is 12.0. The van der Waals surface area contributed by atoms with Crippen molar-refractivity contribution in [2.45, 2.75) is 24.0 Å². The monoisotopic (exact) mass is 336 g/mol. The molecule has 112 valence electrons. The molecule has 0 bridgehead atoms. The molecule has 0 radical (unpaired) electrons. The summed E-state index contributed by atoms with van der Waals surface area (Å²) in [5.41, 5.74) is 0. The van der Waals surface area contributed by atoms with Crippen LogP contribution in [-0.2, 0) is 14.8 Å². The molecule has 1 aromatic heterocycles. The van der Waals surface area contributed by atoms with E-state index >= 15 is 0 Å². The van der Waals surface area contributed by atoms with Crippen LogP contribution in [0.2, 0.25) is 4.34 Å². The van der Waals surface area contributed by atoms with Crippen LogP contribution in [0, 0.1) is 5.92 Å². The number of carbonyl (C=O) groups is 1. The van der Waals surface area contributed by atoms with Gasteiger partial charge in [0.25, 0.3) is 10.0 Å². The third-order valence-corrected chi connectivity index (χ3v) is 6.36. The van der Waals surface area contributed by atoms with Gasteiger partial charge in [-0.1, -0.05) is 18.5 Å². The van der Waals surface area contributed by atoms with Crippen LogP contribution in [0.1, 0.15) is 19.8 Å². The molecule has 1 aliphatic rings. The van der Waals surface area contributed by atoms with Crippen LogP contribution in [0.25, 0.3) is 0 Å². The first-order chi connectivity index (χ1) is 9.38. The third-order valence-electron chi connectivity index (χ3n) is 3.24. The van der Waals surface area contributed by atoms with Gasteiger partial charge in [-0.15, -0.1) is 11.3 Å². The molecule has 0 spiro atoms. The minimum atomic E-state index is -3.65. The number of carbonyl (C=O) groups excluding carboxylic acids is 1. The Kier molecular flexibility index (Phi) is 5.06. The number of halogens is 1. The summed E-state index contributed by atoms with van der Waals surface area (Å²) < 4.78 is 26.8. The molecule has 8 heteroatoms. The fourth-order valence-electron chi connectivity index (χ4n) is 2.20. The molecule has 1 saturated heterocycles. The van der Waals surface area contributed by atoms with Crippen LogP contribution in [0.15, 0.2) is 16.3 Å². The van der Waals surface area contributed by atoms with Crippen LogP contribution in [-0.4, -0.2) is 38.9 Å². The molecule has 20 heavy (non-hydrogen) atoms. The Labute approximate surface area is 128 Å². The van der Waals surface area contributed by atoms with Crippen LogP contribution in [0.4, 0.5) is 0 Å². The summed E-state index contributed by atoms with van der Waals surface area (Å²) in [5.74, 6) is 0.295. The summed E-state index contributed by atoms with van der Waals surface area (Å²) in [6.45, 7) is 3.29. The highest BCUT2D eigenvalue weighted by atomic mass is 35.5. The van der Waals surface area contributed by atoms with Crippen molar-refractivity contribution >= 4 is 38.9 Å². The van der Waals surface area contributed by atoms with Crippen molar-refractivity contribution < 1.29 is 13.2 Å². The van der Waals surface area contributed by atoms with E-state index in [9.17, 15) is 13.2 Å². The van der Waals surface area contributed by atoms with Gasteiger partial charge < -0.3 is 4.90 Å². The lowest BCUT2D eigenvalue weighted by molar-refractivity contribution is -0.131. The van der Waals surface area contributed by atoms with Gasteiger partial charge in [0.2, 0.25) is 5.91 Å². The SMILES string of the molecule is CC1CCCN(C(=O)CNS(=O)(=O)c2ccc(Cl)s2)C1. The number of piperidine rings is 1. The van der Waals surface area contributed by atoms with Gasteiger partial charge >= 0.3 is 0 Å². The van der Waals surface area contributed by atoms with Crippen LogP contribution in [0.3, 0.4) is 0 Å². The molecule has 1 fully saturated rings. The topological polar surface area (TPSA) is 66.5 Å². The predicted molar refractivity (Wildman–Crippen MR) is 79.5 cm³/mol. The van der Waals surface area contributed by atoms with E-state index in [4.69, 9.17) is 11.6 Å². The van der Waals surface area contributed by atoms with Gasteiger partial charge in [-0.25, -0.2) is 13.1 Å². The van der Waals surface area contributed by atoms with Crippen molar-refractivity contribution in [1.29, 1.82) is 0 Å². The Bertz CT molecular complexity index is 585. The van der Waals surface area contributed by atoms with Crippen molar-refractivity contribution in [2.75, 3.05) is 19.6 Å². The molecule has 1 aliphatic heterocycles. The number of rotatable bonds is 4. The van der Waals surface area contributed by atoms with Crippen molar-refractivity contribution in [3.05, 3.63) is 16.5 Å². The molecule has 2 heterocycles. The molecule has 0 saturated carbocycles. The van der Waals surface area contributed by atoms with Crippen molar-refractivity contribution in [3.8, 4) is 0 Å². The Morgan fingerprint density at radius 2 is 2.30 bits per heavy atom. The Balaban J connectivity index is 1.92. The lowest BCUT2D eigenvalue weighted by Gasteiger charge is -2.30. The van der Waals surface area contributed by atoms with E-state index < -0.39 is 10.0 Å². The number of hydrogen-bond donors (Lipinski definition) is 1. The second-order valence-electron chi connectivity index (χ2n) is 4.97. The van der Waals surface area contributed by atoms with Crippen LogP contribution in [0.5, 0.6) is 0 Å². The zero-order chi connectivity index (χ0) is 14.8. The predicted octanol–water partition coefficient (Wildman–Crippen LogP) is 1.94.